The lowest BCUT2D eigenvalue weighted by Crippen LogP contribution is -2.24. The van der Waals surface area contributed by atoms with Gasteiger partial charge in [-0.25, -0.2) is 9.37 Å². The van der Waals surface area contributed by atoms with E-state index in [4.69, 9.17) is 10.5 Å². The van der Waals surface area contributed by atoms with Crippen molar-refractivity contribution in [3.05, 3.63) is 71.7 Å². The molecule has 0 aliphatic carbocycles. The van der Waals surface area contributed by atoms with Crippen molar-refractivity contribution in [1.29, 1.82) is 0 Å². The Morgan fingerprint density at radius 1 is 1.24 bits per heavy atom. The van der Waals surface area contributed by atoms with Crippen LogP contribution in [0.3, 0.4) is 0 Å². The van der Waals surface area contributed by atoms with E-state index in [0.29, 0.717) is 48.0 Å². The molecule has 33 heavy (non-hydrogen) atoms. The van der Waals surface area contributed by atoms with Gasteiger partial charge in [0.2, 0.25) is 5.91 Å². The highest BCUT2D eigenvalue weighted by molar-refractivity contribution is 5.99. The summed E-state index contributed by atoms with van der Waals surface area (Å²) in [6, 6.07) is 13.3. The second-order valence-electron chi connectivity index (χ2n) is 7.62. The van der Waals surface area contributed by atoms with Gasteiger partial charge in [0.05, 0.1) is 24.0 Å². The molecule has 2 heterocycles. The minimum Gasteiger partial charge on any atom is -0.494 e. The fourth-order valence-electron chi connectivity index (χ4n) is 3.74. The Morgan fingerprint density at radius 3 is 2.79 bits per heavy atom. The van der Waals surface area contributed by atoms with Gasteiger partial charge in [0.25, 0.3) is 5.91 Å². The zero-order valence-corrected chi connectivity index (χ0v) is 18.1. The summed E-state index contributed by atoms with van der Waals surface area (Å²) < 4.78 is 19.0. The molecular weight excluding hydrogens is 425 g/mol. The van der Waals surface area contributed by atoms with E-state index in [-0.39, 0.29) is 17.3 Å². The van der Waals surface area contributed by atoms with Crippen LogP contribution >= 0.6 is 0 Å². The second kappa shape index (κ2) is 9.56. The number of hydrogen-bond acceptors (Lipinski definition) is 6. The molecule has 4 rings (SSSR count). The van der Waals surface area contributed by atoms with Crippen molar-refractivity contribution >= 4 is 34.7 Å². The predicted octanol–water partition coefficient (Wildman–Crippen LogP) is 3.81. The molecule has 170 valence electrons. The normalized spacial score (nSPS) is 13.2. The van der Waals surface area contributed by atoms with E-state index in [0.717, 1.165) is 12.1 Å². The van der Waals surface area contributed by atoms with Gasteiger partial charge < -0.3 is 26.0 Å². The summed E-state index contributed by atoms with van der Waals surface area (Å²) in [6.07, 6.45) is 2.74. The SMILES string of the molecule is COc1cc(Nc2cc(NCc3cccc(F)c3)c(C(N)=O)cn2)ccc1N1CCCC1=O. The maximum absolute atomic E-state index is 13.5. The summed E-state index contributed by atoms with van der Waals surface area (Å²) in [7, 11) is 1.55. The number of benzene rings is 2. The standard InChI is InChI=1S/C24H24FN5O3/c1-33-21-11-17(7-8-20(21)30-9-3-6-23(30)31)29-22-12-19(18(14-28-22)24(26)32)27-13-15-4-2-5-16(25)10-15/h2,4-5,7-8,10-12,14H,3,6,9,13H2,1H3,(H2,26,32)(H2,27,28,29). The van der Waals surface area contributed by atoms with Gasteiger partial charge in [-0.3, -0.25) is 9.59 Å². The van der Waals surface area contributed by atoms with Gasteiger partial charge in [0, 0.05) is 43.5 Å². The Balaban J connectivity index is 1.56. The Bertz CT molecular complexity index is 1200. The van der Waals surface area contributed by atoms with Crippen molar-refractivity contribution in [2.24, 2.45) is 5.73 Å². The topological polar surface area (TPSA) is 110 Å². The Morgan fingerprint density at radius 2 is 2.09 bits per heavy atom. The third kappa shape index (κ3) is 5.03. The number of amides is 2. The number of halogens is 1. The first-order valence-corrected chi connectivity index (χ1v) is 10.5. The van der Waals surface area contributed by atoms with Gasteiger partial charge in [-0.2, -0.15) is 0 Å². The zero-order chi connectivity index (χ0) is 23.4. The maximum Gasteiger partial charge on any atom is 0.252 e. The summed E-state index contributed by atoms with van der Waals surface area (Å²) in [5.41, 5.74) is 8.31. The summed E-state index contributed by atoms with van der Waals surface area (Å²) in [4.78, 5) is 29.9. The average molecular weight is 449 g/mol. The van der Waals surface area contributed by atoms with Gasteiger partial charge in [0.15, 0.2) is 0 Å². The van der Waals surface area contributed by atoms with Crippen LogP contribution < -0.4 is 26.0 Å². The van der Waals surface area contributed by atoms with Crippen molar-refractivity contribution in [2.45, 2.75) is 19.4 Å². The molecule has 4 N–H and O–H groups in total. The number of hydrogen-bond donors (Lipinski definition) is 3. The fraction of sp³-hybridized carbons (Fsp3) is 0.208. The highest BCUT2D eigenvalue weighted by Gasteiger charge is 2.24. The molecular formula is C24H24FN5O3. The first kappa shape index (κ1) is 22.1. The van der Waals surface area contributed by atoms with Gasteiger partial charge in [-0.1, -0.05) is 12.1 Å². The number of carbonyl (C=O) groups is 2. The quantitative estimate of drug-likeness (QED) is 0.483. The molecule has 1 aliphatic rings. The van der Waals surface area contributed by atoms with Crippen molar-refractivity contribution in [3.8, 4) is 5.75 Å². The molecule has 3 aromatic rings. The molecule has 1 aliphatic heterocycles. The number of methoxy groups -OCH3 is 1. The Labute approximate surface area is 190 Å². The van der Waals surface area contributed by atoms with Crippen LogP contribution in [0.2, 0.25) is 0 Å². The number of carbonyl (C=O) groups excluding carboxylic acids is 2. The van der Waals surface area contributed by atoms with Crippen molar-refractivity contribution in [1.82, 2.24) is 4.98 Å². The minimum absolute atomic E-state index is 0.0757. The number of pyridine rings is 1. The number of rotatable bonds is 8. The van der Waals surface area contributed by atoms with E-state index in [2.05, 4.69) is 15.6 Å². The molecule has 0 radical (unpaired) electrons. The summed E-state index contributed by atoms with van der Waals surface area (Å²) in [5.74, 6) is 0.139. The van der Waals surface area contributed by atoms with E-state index < -0.39 is 5.91 Å². The Hall–Kier alpha value is -4.14. The van der Waals surface area contributed by atoms with Crippen LogP contribution in [0.25, 0.3) is 0 Å². The van der Waals surface area contributed by atoms with E-state index in [1.54, 1.807) is 36.3 Å². The first-order chi connectivity index (χ1) is 15.9. The maximum atomic E-state index is 13.5. The lowest BCUT2D eigenvalue weighted by atomic mass is 10.1. The third-order valence-corrected chi connectivity index (χ3v) is 5.36. The van der Waals surface area contributed by atoms with Gasteiger partial charge in [0.1, 0.15) is 17.4 Å². The average Bonchev–Trinajstić information content (AvgIpc) is 3.23. The van der Waals surface area contributed by atoms with Crippen LogP contribution in [0, 0.1) is 5.82 Å². The summed E-state index contributed by atoms with van der Waals surface area (Å²) >= 11 is 0. The molecule has 0 atom stereocenters. The Kier molecular flexibility index (Phi) is 6.39. The number of nitrogens with two attached hydrogens (primary N) is 1. The molecule has 0 bridgehead atoms. The number of primary amides is 1. The number of aromatic nitrogens is 1. The number of anilines is 4. The van der Waals surface area contributed by atoms with Gasteiger partial charge in [-0.05, 0) is 36.2 Å². The smallest absolute Gasteiger partial charge is 0.252 e. The predicted molar refractivity (Wildman–Crippen MR) is 124 cm³/mol. The largest absolute Gasteiger partial charge is 0.494 e. The number of ether oxygens (including phenoxy) is 1. The van der Waals surface area contributed by atoms with Crippen molar-refractivity contribution in [2.75, 3.05) is 29.2 Å². The van der Waals surface area contributed by atoms with Crippen LogP contribution in [-0.4, -0.2) is 30.5 Å². The van der Waals surface area contributed by atoms with Crippen LogP contribution in [-0.2, 0) is 11.3 Å². The minimum atomic E-state index is -0.628. The lowest BCUT2D eigenvalue weighted by Gasteiger charge is -2.20. The van der Waals surface area contributed by atoms with E-state index in [1.807, 2.05) is 12.1 Å². The summed E-state index contributed by atoms with van der Waals surface area (Å²) in [5, 5.41) is 6.30. The zero-order valence-electron chi connectivity index (χ0n) is 18.1. The second-order valence-corrected chi connectivity index (χ2v) is 7.62. The highest BCUT2D eigenvalue weighted by atomic mass is 19.1. The molecule has 1 aromatic heterocycles. The molecule has 1 fully saturated rings. The molecule has 9 heteroatoms. The summed E-state index contributed by atoms with van der Waals surface area (Å²) in [6.45, 7) is 0.965. The lowest BCUT2D eigenvalue weighted by molar-refractivity contribution is -0.117. The monoisotopic (exact) mass is 449 g/mol. The van der Waals surface area contributed by atoms with Crippen LogP contribution in [0.1, 0.15) is 28.8 Å². The van der Waals surface area contributed by atoms with E-state index in [9.17, 15) is 14.0 Å². The van der Waals surface area contributed by atoms with Crippen molar-refractivity contribution in [3.63, 3.8) is 0 Å². The third-order valence-electron chi connectivity index (χ3n) is 5.36. The van der Waals surface area contributed by atoms with Crippen LogP contribution in [0.5, 0.6) is 5.75 Å². The van der Waals surface area contributed by atoms with Gasteiger partial charge in [-0.15, -0.1) is 0 Å². The highest BCUT2D eigenvalue weighted by Crippen LogP contribution is 2.34. The molecule has 0 unspecified atom stereocenters. The first-order valence-electron chi connectivity index (χ1n) is 10.5. The molecule has 2 aromatic carbocycles. The van der Waals surface area contributed by atoms with Crippen LogP contribution in [0.15, 0.2) is 54.7 Å². The molecule has 0 saturated carbocycles. The molecule has 0 spiro atoms. The molecule has 2 amide bonds. The number of nitrogens with one attached hydrogen (secondary N) is 2. The van der Waals surface area contributed by atoms with Crippen molar-refractivity contribution < 1.29 is 18.7 Å². The molecule has 1 saturated heterocycles. The number of nitrogens with zero attached hydrogens (tertiary/aromatic N) is 2. The van der Waals surface area contributed by atoms with Gasteiger partial charge >= 0.3 is 0 Å². The van der Waals surface area contributed by atoms with Crippen LogP contribution in [0.4, 0.5) is 27.3 Å². The van der Waals surface area contributed by atoms with E-state index in [1.165, 1.54) is 18.3 Å². The van der Waals surface area contributed by atoms with E-state index >= 15 is 0 Å². The fourth-order valence-corrected chi connectivity index (χ4v) is 3.74. The molecule has 8 nitrogen and oxygen atoms in total.